The highest BCUT2D eigenvalue weighted by Gasteiger charge is 2.23. The zero-order chi connectivity index (χ0) is 14.7. The molecule has 1 aliphatic heterocycles. The summed E-state index contributed by atoms with van der Waals surface area (Å²) in [7, 11) is 0. The van der Waals surface area contributed by atoms with E-state index in [1.165, 1.54) is 12.1 Å². The Hall–Kier alpha value is -1.09. The number of halogens is 1. The molecular formula is C17H27FN2. The summed E-state index contributed by atoms with van der Waals surface area (Å²) in [6, 6.07) is 3.93. The maximum absolute atomic E-state index is 14.0. The van der Waals surface area contributed by atoms with Crippen molar-refractivity contribution in [2.75, 3.05) is 24.5 Å². The number of rotatable bonds is 5. The van der Waals surface area contributed by atoms with Crippen molar-refractivity contribution in [3.8, 4) is 0 Å². The van der Waals surface area contributed by atoms with Gasteiger partial charge in [-0.25, -0.2) is 4.39 Å². The molecular weight excluding hydrogens is 251 g/mol. The van der Waals surface area contributed by atoms with Gasteiger partial charge in [-0.1, -0.05) is 13.8 Å². The number of nitrogens with zero attached hydrogens (tertiary/aromatic N) is 1. The van der Waals surface area contributed by atoms with E-state index in [0.29, 0.717) is 0 Å². The Balaban J connectivity index is 2.30. The first-order valence-electron chi connectivity index (χ1n) is 7.81. The number of hydrogen-bond acceptors (Lipinski definition) is 2. The van der Waals surface area contributed by atoms with Crippen molar-refractivity contribution in [2.24, 2.45) is 5.92 Å². The Bertz CT molecular complexity index is 459. The van der Waals surface area contributed by atoms with Gasteiger partial charge in [0.2, 0.25) is 0 Å². The predicted octanol–water partition coefficient (Wildman–Crippen LogP) is 4.04. The number of benzene rings is 1. The van der Waals surface area contributed by atoms with Crippen molar-refractivity contribution in [3.63, 3.8) is 0 Å². The highest BCUT2D eigenvalue weighted by Crippen LogP contribution is 2.32. The summed E-state index contributed by atoms with van der Waals surface area (Å²) in [5, 5.41) is 3.48. The summed E-state index contributed by atoms with van der Waals surface area (Å²) in [4.78, 5) is 2.41. The summed E-state index contributed by atoms with van der Waals surface area (Å²) in [5.41, 5.74) is 3.05. The summed E-state index contributed by atoms with van der Waals surface area (Å²) < 4.78 is 14.0. The van der Waals surface area contributed by atoms with Crippen LogP contribution in [0.1, 0.15) is 50.8 Å². The largest absolute Gasteiger partial charge is 0.371 e. The smallest absolute Gasteiger partial charge is 0.126 e. The van der Waals surface area contributed by atoms with E-state index in [0.717, 1.165) is 43.1 Å². The molecule has 1 aliphatic rings. The van der Waals surface area contributed by atoms with Crippen LogP contribution in [0.3, 0.4) is 0 Å². The predicted molar refractivity (Wildman–Crippen MR) is 83.8 cm³/mol. The van der Waals surface area contributed by atoms with Gasteiger partial charge in [-0.15, -0.1) is 0 Å². The van der Waals surface area contributed by atoms with Crippen LogP contribution in [0, 0.1) is 18.7 Å². The molecule has 2 atom stereocenters. The van der Waals surface area contributed by atoms with E-state index in [2.05, 4.69) is 31.0 Å². The quantitative estimate of drug-likeness (QED) is 0.874. The lowest BCUT2D eigenvalue weighted by atomic mass is 10.0. The molecule has 3 heteroatoms. The molecule has 112 valence electrons. The van der Waals surface area contributed by atoms with Gasteiger partial charge in [0.25, 0.3) is 0 Å². The van der Waals surface area contributed by atoms with Gasteiger partial charge in [0.1, 0.15) is 5.82 Å². The minimum atomic E-state index is -0.0962. The van der Waals surface area contributed by atoms with Crippen molar-refractivity contribution in [3.05, 3.63) is 29.1 Å². The number of nitrogens with one attached hydrogen (secondary N) is 1. The summed E-state index contributed by atoms with van der Waals surface area (Å²) >= 11 is 0. The normalized spacial score (nSPS) is 20.4. The van der Waals surface area contributed by atoms with Crippen molar-refractivity contribution >= 4 is 5.69 Å². The molecule has 0 saturated carbocycles. The molecule has 1 heterocycles. The Morgan fingerprint density at radius 1 is 1.45 bits per heavy atom. The molecule has 1 fully saturated rings. The Morgan fingerprint density at radius 2 is 2.20 bits per heavy atom. The fourth-order valence-electron chi connectivity index (χ4n) is 2.93. The summed E-state index contributed by atoms with van der Waals surface area (Å²) in [6.45, 7) is 11.5. The van der Waals surface area contributed by atoms with Crippen molar-refractivity contribution in [2.45, 2.75) is 46.6 Å². The molecule has 2 unspecified atom stereocenters. The van der Waals surface area contributed by atoms with Gasteiger partial charge in [0.15, 0.2) is 0 Å². The molecule has 20 heavy (non-hydrogen) atoms. The molecule has 1 saturated heterocycles. The van der Waals surface area contributed by atoms with Crippen LogP contribution in [-0.2, 0) is 0 Å². The minimum Gasteiger partial charge on any atom is -0.371 e. The van der Waals surface area contributed by atoms with Gasteiger partial charge in [-0.05, 0) is 62.4 Å². The molecule has 2 rings (SSSR count). The van der Waals surface area contributed by atoms with Crippen LogP contribution in [0.2, 0.25) is 0 Å². The lowest BCUT2D eigenvalue weighted by Crippen LogP contribution is -2.25. The molecule has 1 aromatic carbocycles. The van der Waals surface area contributed by atoms with E-state index < -0.39 is 0 Å². The SMILES string of the molecule is CCCNC(C)c1cc(F)c(C)cc1N1CCC(C)C1. The second kappa shape index (κ2) is 6.57. The van der Waals surface area contributed by atoms with E-state index in [4.69, 9.17) is 0 Å². The third-order valence-electron chi connectivity index (χ3n) is 4.24. The van der Waals surface area contributed by atoms with Crippen LogP contribution in [-0.4, -0.2) is 19.6 Å². The van der Waals surface area contributed by atoms with Crippen LogP contribution in [0.5, 0.6) is 0 Å². The van der Waals surface area contributed by atoms with Crippen molar-refractivity contribution in [1.82, 2.24) is 5.32 Å². The zero-order valence-corrected chi connectivity index (χ0v) is 13.2. The first kappa shape index (κ1) is 15.3. The maximum Gasteiger partial charge on any atom is 0.126 e. The van der Waals surface area contributed by atoms with Crippen molar-refractivity contribution in [1.29, 1.82) is 0 Å². The van der Waals surface area contributed by atoms with Gasteiger partial charge in [0, 0.05) is 24.8 Å². The summed E-state index contributed by atoms with van der Waals surface area (Å²) in [5.74, 6) is 0.633. The fraction of sp³-hybridized carbons (Fsp3) is 0.647. The molecule has 0 amide bonds. The number of hydrogen-bond donors (Lipinski definition) is 1. The standard InChI is InChI=1S/C17H27FN2/c1-5-7-19-14(4)15-10-16(18)13(3)9-17(15)20-8-6-12(2)11-20/h9-10,12,14,19H,5-8,11H2,1-4H3. The Labute approximate surface area is 122 Å². The highest BCUT2D eigenvalue weighted by molar-refractivity contribution is 5.57. The van der Waals surface area contributed by atoms with Gasteiger partial charge in [0.05, 0.1) is 0 Å². The van der Waals surface area contributed by atoms with Crippen molar-refractivity contribution < 1.29 is 4.39 Å². The first-order valence-corrected chi connectivity index (χ1v) is 7.81. The zero-order valence-electron chi connectivity index (χ0n) is 13.2. The van der Waals surface area contributed by atoms with E-state index in [1.54, 1.807) is 6.07 Å². The number of anilines is 1. The topological polar surface area (TPSA) is 15.3 Å². The van der Waals surface area contributed by atoms with Crippen LogP contribution in [0.15, 0.2) is 12.1 Å². The molecule has 2 nitrogen and oxygen atoms in total. The average Bonchev–Trinajstić information content (AvgIpc) is 2.85. The maximum atomic E-state index is 14.0. The lowest BCUT2D eigenvalue weighted by Gasteiger charge is -2.26. The van der Waals surface area contributed by atoms with E-state index >= 15 is 0 Å². The lowest BCUT2D eigenvalue weighted by molar-refractivity contribution is 0.559. The molecule has 0 radical (unpaired) electrons. The van der Waals surface area contributed by atoms with E-state index in [-0.39, 0.29) is 11.9 Å². The van der Waals surface area contributed by atoms with Crippen LogP contribution in [0.25, 0.3) is 0 Å². The molecule has 0 spiro atoms. The Kier molecular flexibility index (Phi) is 5.03. The van der Waals surface area contributed by atoms with Gasteiger partial charge in [-0.3, -0.25) is 0 Å². The minimum absolute atomic E-state index is 0.0962. The van der Waals surface area contributed by atoms with Gasteiger partial charge < -0.3 is 10.2 Å². The molecule has 0 aliphatic carbocycles. The third kappa shape index (κ3) is 3.32. The highest BCUT2D eigenvalue weighted by atomic mass is 19.1. The third-order valence-corrected chi connectivity index (χ3v) is 4.24. The molecule has 1 N–H and O–H groups in total. The molecule has 0 aromatic heterocycles. The second-order valence-corrected chi connectivity index (χ2v) is 6.18. The first-order chi connectivity index (χ1) is 9.52. The molecule has 0 bridgehead atoms. The van der Waals surface area contributed by atoms with Crippen LogP contribution >= 0.6 is 0 Å². The van der Waals surface area contributed by atoms with Gasteiger partial charge in [-0.2, -0.15) is 0 Å². The van der Waals surface area contributed by atoms with E-state index in [9.17, 15) is 4.39 Å². The fourth-order valence-corrected chi connectivity index (χ4v) is 2.93. The number of aryl methyl sites for hydroxylation is 1. The average molecular weight is 278 g/mol. The van der Waals surface area contributed by atoms with E-state index in [1.807, 2.05) is 13.0 Å². The monoisotopic (exact) mass is 278 g/mol. The van der Waals surface area contributed by atoms with Crippen LogP contribution < -0.4 is 10.2 Å². The second-order valence-electron chi connectivity index (χ2n) is 6.18. The summed E-state index contributed by atoms with van der Waals surface area (Å²) in [6.07, 6.45) is 2.32. The molecule has 1 aromatic rings. The Morgan fingerprint density at radius 3 is 2.80 bits per heavy atom. The van der Waals surface area contributed by atoms with Gasteiger partial charge >= 0.3 is 0 Å². The van der Waals surface area contributed by atoms with Crippen LogP contribution in [0.4, 0.5) is 10.1 Å².